The number of aromatic nitrogens is 1. The van der Waals surface area contributed by atoms with Crippen LogP contribution in [0.1, 0.15) is 38.3 Å². The maximum Gasteiger partial charge on any atom is 0.328 e. The fourth-order valence-corrected chi connectivity index (χ4v) is 5.14. The normalized spacial score (nSPS) is 27.7. The highest BCUT2D eigenvalue weighted by molar-refractivity contribution is 6.27. The van der Waals surface area contributed by atoms with E-state index in [-0.39, 0.29) is 23.6 Å². The van der Waals surface area contributed by atoms with Crippen LogP contribution in [0.2, 0.25) is 0 Å². The van der Waals surface area contributed by atoms with Crippen LogP contribution in [0.25, 0.3) is 10.9 Å². The standard InChI is InChI=1S/C22H23NO4/c1-6-12-17(24)10-14-19(25)22(12,20(26)27-5)13-8-7-9-16-18(13)15(11-23(16)4)21(14,2)3/h6-9,11,14H,10H2,1-5H3/b12-6+/t14-,22+/m0/s1. The molecule has 0 N–H and O–H groups in total. The number of nitrogens with zero attached hydrogens (tertiary/aromatic N) is 1. The minimum atomic E-state index is -1.70. The summed E-state index contributed by atoms with van der Waals surface area (Å²) in [6.07, 6.45) is 3.73. The zero-order valence-corrected chi connectivity index (χ0v) is 16.3. The fraction of sp³-hybridized carbons (Fsp3) is 0.409. The third-order valence-corrected chi connectivity index (χ3v) is 6.54. The van der Waals surface area contributed by atoms with Crippen LogP contribution in [0.4, 0.5) is 0 Å². The SMILES string of the molecule is C/C=C1\C(=O)C[C@H]2C(=O)[C@]1(C(=O)OC)c1cccc3c1c(cn3C)C2(C)C. The Morgan fingerprint density at radius 3 is 2.59 bits per heavy atom. The summed E-state index contributed by atoms with van der Waals surface area (Å²) in [5, 5.41) is 0.875. The molecule has 2 atom stereocenters. The van der Waals surface area contributed by atoms with Gasteiger partial charge in [-0.1, -0.05) is 32.1 Å². The van der Waals surface area contributed by atoms with Crippen LogP contribution in [0.15, 0.2) is 36.0 Å². The highest BCUT2D eigenvalue weighted by atomic mass is 16.5. The zero-order chi connectivity index (χ0) is 19.7. The van der Waals surface area contributed by atoms with Gasteiger partial charge < -0.3 is 9.30 Å². The first-order chi connectivity index (χ1) is 12.7. The van der Waals surface area contributed by atoms with Crippen molar-refractivity contribution in [3.63, 3.8) is 0 Å². The molecule has 2 aliphatic rings. The molecular formula is C22H23NO4. The van der Waals surface area contributed by atoms with Crippen LogP contribution >= 0.6 is 0 Å². The van der Waals surface area contributed by atoms with Gasteiger partial charge in [0.1, 0.15) is 0 Å². The summed E-state index contributed by atoms with van der Waals surface area (Å²) < 4.78 is 7.15. The number of esters is 1. The second-order valence-corrected chi connectivity index (χ2v) is 8.06. The van der Waals surface area contributed by atoms with E-state index < -0.39 is 22.7 Å². The molecule has 5 heteroatoms. The minimum Gasteiger partial charge on any atom is -0.468 e. The highest BCUT2D eigenvalue weighted by Gasteiger charge is 2.63. The Labute approximate surface area is 158 Å². The second kappa shape index (κ2) is 5.41. The summed E-state index contributed by atoms with van der Waals surface area (Å²) in [5.74, 6) is -1.67. The van der Waals surface area contributed by atoms with Crippen molar-refractivity contribution in [2.45, 2.75) is 38.0 Å². The minimum absolute atomic E-state index is 0.106. The molecule has 0 amide bonds. The summed E-state index contributed by atoms with van der Waals surface area (Å²) >= 11 is 0. The second-order valence-electron chi connectivity index (χ2n) is 8.06. The molecule has 5 nitrogen and oxygen atoms in total. The van der Waals surface area contributed by atoms with Gasteiger partial charge in [0.25, 0.3) is 0 Å². The monoisotopic (exact) mass is 365 g/mol. The highest BCUT2D eigenvalue weighted by Crippen LogP contribution is 2.54. The largest absolute Gasteiger partial charge is 0.468 e. The van der Waals surface area contributed by atoms with Crippen molar-refractivity contribution in [1.29, 1.82) is 0 Å². The Hall–Kier alpha value is -2.69. The van der Waals surface area contributed by atoms with Crippen LogP contribution in [0.3, 0.4) is 0 Å². The summed E-state index contributed by atoms with van der Waals surface area (Å²) in [7, 11) is 3.23. The van der Waals surface area contributed by atoms with Gasteiger partial charge in [-0.3, -0.25) is 14.4 Å². The lowest BCUT2D eigenvalue weighted by Gasteiger charge is -2.41. The molecule has 2 aromatic rings. The predicted molar refractivity (Wildman–Crippen MR) is 102 cm³/mol. The van der Waals surface area contributed by atoms with E-state index in [1.54, 1.807) is 19.1 Å². The maximum atomic E-state index is 13.9. The van der Waals surface area contributed by atoms with Crippen molar-refractivity contribution in [2.24, 2.45) is 13.0 Å². The molecule has 0 radical (unpaired) electrons. The number of allylic oxidation sites excluding steroid dienone is 1. The summed E-state index contributed by atoms with van der Waals surface area (Å²) in [6, 6.07) is 5.60. The van der Waals surface area contributed by atoms with Crippen molar-refractivity contribution in [2.75, 3.05) is 7.11 Å². The third kappa shape index (κ3) is 1.87. The molecule has 0 spiro atoms. The first kappa shape index (κ1) is 17.7. The average molecular weight is 365 g/mol. The summed E-state index contributed by atoms with van der Waals surface area (Å²) in [4.78, 5) is 40.1. The van der Waals surface area contributed by atoms with Crippen LogP contribution < -0.4 is 0 Å². The first-order valence-corrected chi connectivity index (χ1v) is 9.14. The van der Waals surface area contributed by atoms with Gasteiger partial charge in [-0.05, 0) is 24.1 Å². The molecule has 2 bridgehead atoms. The quantitative estimate of drug-likeness (QED) is 0.443. The van der Waals surface area contributed by atoms with Gasteiger partial charge >= 0.3 is 5.97 Å². The van der Waals surface area contributed by atoms with Crippen molar-refractivity contribution in [3.8, 4) is 0 Å². The van der Waals surface area contributed by atoms with Crippen LogP contribution in [0, 0.1) is 5.92 Å². The van der Waals surface area contributed by atoms with Gasteiger partial charge in [-0.25, -0.2) is 0 Å². The van der Waals surface area contributed by atoms with E-state index in [4.69, 9.17) is 4.74 Å². The predicted octanol–water partition coefficient (Wildman–Crippen LogP) is 2.98. The van der Waals surface area contributed by atoms with E-state index in [0.29, 0.717) is 5.56 Å². The van der Waals surface area contributed by atoms with E-state index in [1.807, 2.05) is 43.8 Å². The van der Waals surface area contributed by atoms with Crippen molar-refractivity contribution < 1.29 is 19.1 Å². The maximum absolute atomic E-state index is 13.9. The summed E-state index contributed by atoms with van der Waals surface area (Å²) in [5.41, 5.74) is 0.427. The molecule has 0 unspecified atom stereocenters. The Morgan fingerprint density at radius 1 is 1.26 bits per heavy atom. The lowest BCUT2D eigenvalue weighted by Crippen LogP contribution is -2.56. The van der Waals surface area contributed by atoms with Crippen LogP contribution in [-0.4, -0.2) is 29.2 Å². The third-order valence-electron chi connectivity index (χ3n) is 6.54. The number of Topliss-reactive ketones (excluding diaryl/α,β-unsaturated/α-hetero) is 2. The topological polar surface area (TPSA) is 65.4 Å². The number of hydrogen-bond acceptors (Lipinski definition) is 4. The van der Waals surface area contributed by atoms with Gasteiger partial charge in [-0.2, -0.15) is 0 Å². The number of ketones is 2. The number of carbonyl (C=O) groups is 3. The lowest BCUT2D eigenvalue weighted by atomic mass is 9.57. The molecule has 27 heavy (non-hydrogen) atoms. The van der Waals surface area contributed by atoms with Crippen molar-refractivity contribution in [1.82, 2.24) is 4.57 Å². The molecule has 1 aromatic carbocycles. The molecule has 140 valence electrons. The van der Waals surface area contributed by atoms with E-state index in [2.05, 4.69) is 0 Å². The van der Waals surface area contributed by atoms with Gasteiger partial charge in [0.15, 0.2) is 17.0 Å². The van der Waals surface area contributed by atoms with Crippen molar-refractivity contribution >= 4 is 28.4 Å². The zero-order valence-electron chi connectivity index (χ0n) is 16.3. The number of aryl methyl sites for hydroxylation is 1. The van der Waals surface area contributed by atoms with E-state index in [9.17, 15) is 14.4 Å². The molecule has 2 aliphatic carbocycles. The number of carbonyl (C=O) groups excluding carboxylic acids is 3. The van der Waals surface area contributed by atoms with Gasteiger partial charge in [-0.15, -0.1) is 0 Å². The average Bonchev–Trinajstić information content (AvgIpc) is 2.98. The Bertz CT molecular complexity index is 1060. The molecule has 0 saturated heterocycles. The van der Waals surface area contributed by atoms with Crippen molar-refractivity contribution in [3.05, 3.63) is 47.2 Å². The molecule has 4 rings (SSSR count). The lowest BCUT2D eigenvalue weighted by molar-refractivity contribution is -0.155. The summed E-state index contributed by atoms with van der Waals surface area (Å²) in [6.45, 7) is 5.68. The number of ether oxygens (including phenoxy) is 1. The molecule has 0 aliphatic heterocycles. The van der Waals surface area contributed by atoms with Gasteiger partial charge in [0.05, 0.1) is 7.11 Å². The van der Waals surface area contributed by atoms with Gasteiger partial charge in [0, 0.05) is 47.5 Å². The van der Waals surface area contributed by atoms with E-state index in [0.717, 1.165) is 16.5 Å². The number of methoxy groups -OCH3 is 1. The number of benzene rings is 1. The van der Waals surface area contributed by atoms with Crippen LogP contribution in [0.5, 0.6) is 0 Å². The molecule has 1 fully saturated rings. The first-order valence-electron chi connectivity index (χ1n) is 9.14. The Balaban J connectivity index is 2.29. The molecule has 1 heterocycles. The fourth-order valence-electron chi connectivity index (χ4n) is 5.14. The number of rotatable bonds is 1. The molecule has 1 aromatic heterocycles. The van der Waals surface area contributed by atoms with Gasteiger partial charge in [0.2, 0.25) is 0 Å². The van der Waals surface area contributed by atoms with E-state index in [1.165, 1.54) is 7.11 Å². The number of hydrogen-bond donors (Lipinski definition) is 0. The Morgan fingerprint density at radius 2 is 1.96 bits per heavy atom. The van der Waals surface area contributed by atoms with Crippen LogP contribution in [-0.2, 0) is 37.0 Å². The smallest absolute Gasteiger partial charge is 0.328 e. The van der Waals surface area contributed by atoms with E-state index >= 15 is 0 Å². The number of fused-ring (bicyclic) bond motifs is 3. The molecular weight excluding hydrogens is 342 g/mol. The molecule has 1 saturated carbocycles. The Kier molecular flexibility index (Phi) is 3.55.